The van der Waals surface area contributed by atoms with Crippen LogP contribution in [-0.2, 0) is 4.57 Å². The van der Waals surface area contributed by atoms with Crippen LogP contribution >= 0.6 is 7.60 Å². The second-order valence-corrected chi connectivity index (χ2v) is 5.79. The van der Waals surface area contributed by atoms with Crippen LogP contribution in [0, 0.1) is 0 Å². The van der Waals surface area contributed by atoms with Crippen molar-refractivity contribution in [2.24, 2.45) is 0 Å². The molecule has 1 saturated heterocycles. The predicted molar refractivity (Wildman–Crippen MR) is 67.1 cm³/mol. The Labute approximate surface area is 102 Å². The maximum Gasteiger partial charge on any atom is 0.339 e. The first-order valence-electron chi connectivity index (χ1n) is 5.97. The van der Waals surface area contributed by atoms with E-state index >= 15 is 0 Å². The largest absolute Gasteiger partial charge is 0.339 e. The highest BCUT2D eigenvalue weighted by Crippen LogP contribution is 2.34. The molecule has 0 saturated carbocycles. The molecule has 1 rings (SSSR count). The smallest absolute Gasteiger partial charge is 0.324 e. The van der Waals surface area contributed by atoms with Gasteiger partial charge in [-0.15, -0.1) is 0 Å². The Kier molecular flexibility index (Phi) is 7.22. The number of hydrogen-bond acceptors (Lipinski definition) is 5. The van der Waals surface area contributed by atoms with Gasteiger partial charge in [0, 0.05) is 52.4 Å². The van der Waals surface area contributed by atoms with E-state index in [0.717, 1.165) is 39.3 Å². The maximum absolute atomic E-state index is 11.0. The highest BCUT2D eigenvalue weighted by Gasteiger charge is 2.18. The average molecular weight is 266 g/mol. The SMILES string of the molecule is O=P(O)(O)CN1CCNCCNCCNCC1. The van der Waals surface area contributed by atoms with E-state index in [0.29, 0.717) is 13.1 Å². The lowest BCUT2D eigenvalue weighted by Crippen LogP contribution is -2.42. The molecule has 0 bridgehead atoms. The molecule has 7 nitrogen and oxygen atoms in total. The molecule has 8 heteroatoms. The summed E-state index contributed by atoms with van der Waals surface area (Å²) in [6, 6.07) is 0. The van der Waals surface area contributed by atoms with E-state index in [-0.39, 0.29) is 6.29 Å². The molecular formula is C9H23N4O3P. The third-order valence-electron chi connectivity index (χ3n) is 2.55. The first-order chi connectivity index (χ1) is 8.08. The van der Waals surface area contributed by atoms with Crippen molar-refractivity contribution in [3.05, 3.63) is 0 Å². The monoisotopic (exact) mass is 266 g/mol. The molecule has 17 heavy (non-hydrogen) atoms. The Bertz CT molecular complexity index is 236. The van der Waals surface area contributed by atoms with E-state index in [1.54, 1.807) is 4.90 Å². The van der Waals surface area contributed by atoms with Crippen molar-refractivity contribution >= 4 is 7.60 Å². The molecule has 1 heterocycles. The van der Waals surface area contributed by atoms with Crippen molar-refractivity contribution in [3.8, 4) is 0 Å². The van der Waals surface area contributed by atoms with Crippen LogP contribution in [0.2, 0.25) is 0 Å². The van der Waals surface area contributed by atoms with E-state index in [4.69, 9.17) is 9.79 Å². The van der Waals surface area contributed by atoms with Gasteiger partial charge in [0.05, 0.1) is 0 Å². The first kappa shape index (κ1) is 15.0. The molecule has 1 aliphatic rings. The minimum atomic E-state index is -3.95. The van der Waals surface area contributed by atoms with Crippen LogP contribution in [0.5, 0.6) is 0 Å². The van der Waals surface area contributed by atoms with Gasteiger partial charge in [-0.1, -0.05) is 0 Å². The summed E-state index contributed by atoms with van der Waals surface area (Å²) in [4.78, 5) is 19.8. The topological polar surface area (TPSA) is 96.9 Å². The lowest BCUT2D eigenvalue weighted by atomic mass is 10.4. The summed E-state index contributed by atoms with van der Waals surface area (Å²) in [7, 11) is -3.95. The summed E-state index contributed by atoms with van der Waals surface area (Å²) in [5.41, 5.74) is 0. The molecule has 0 aromatic carbocycles. The van der Waals surface area contributed by atoms with Crippen molar-refractivity contribution in [1.29, 1.82) is 0 Å². The van der Waals surface area contributed by atoms with Gasteiger partial charge in [-0.2, -0.15) is 0 Å². The summed E-state index contributed by atoms with van der Waals surface area (Å²) in [6.45, 7) is 6.41. The molecule has 0 unspecified atom stereocenters. The van der Waals surface area contributed by atoms with Crippen molar-refractivity contribution < 1.29 is 14.4 Å². The van der Waals surface area contributed by atoms with Crippen molar-refractivity contribution in [1.82, 2.24) is 20.9 Å². The minimum absolute atomic E-state index is 0.158. The number of hydrogen-bond donors (Lipinski definition) is 5. The Hall–Kier alpha value is -0.0100. The van der Waals surface area contributed by atoms with Gasteiger partial charge in [0.2, 0.25) is 0 Å². The van der Waals surface area contributed by atoms with Crippen molar-refractivity contribution in [3.63, 3.8) is 0 Å². The summed E-state index contributed by atoms with van der Waals surface area (Å²) in [5.74, 6) is 0. The average Bonchev–Trinajstić information content (AvgIpc) is 2.20. The van der Waals surface area contributed by atoms with Crippen LogP contribution in [0.25, 0.3) is 0 Å². The van der Waals surface area contributed by atoms with Crippen LogP contribution in [-0.4, -0.2) is 73.3 Å². The Balaban J connectivity index is 2.34. The molecule has 0 spiro atoms. The van der Waals surface area contributed by atoms with Crippen molar-refractivity contribution in [2.45, 2.75) is 0 Å². The second kappa shape index (κ2) is 8.16. The third-order valence-corrected chi connectivity index (χ3v) is 3.32. The fourth-order valence-electron chi connectivity index (χ4n) is 1.72. The predicted octanol–water partition coefficient (Wildman–Crippen LogP) is -1.79. The molecular weight excluding hydrogens is 243 g/mol. The zero-order valence-corrected chi connectivity index (χ0v) is 11.0. The molecule has 0 radical (unpaired) electrons. The molecule has 102 valence electrons. The fraction of sp³-hybridized carbons (Fsp3) is 1.00. The molecule has 0 atom stereocenters. The Morgan fingerprint density at radius 3 is 1.71 bits per heavy atom. The molecule has 5 N–H and O–H groups in total. The zero-order valence-electron chi connectivity index (χ0n) is 10.1. The van der Waals surface area contributed by atoms with Gasteiger partial charge in [0.1, 0.15) is 6.29 Å². The fourth-order valence-corrected chi connectivity index (χ4v) is 2.52. The number of nitrogens with one attached hydrogen (secondary N) is 3. The van der Waals surface area contributed by atoms with E-state index in [9.17, 15) is 4.57 Å². The second-order valence-electron chi connectivity index (χ2n) is 4.17. The summed E-state index contributed by atoms with van der Waals surface area (Å²) in [5, 5.41) is 9.77. The molecule has 0 aliphatic carbocycles. The van der Waals surface area contributed by atoms with Gasteiger partial charge < -0.3 is 25.7 Å². The Morgan fingerprint density at radius 1 is 0.882 bits per heavy atom. The molecule has 0 amide bonds. The number of rotatable bonds is 2. The van der Waals surface area contributed by atoms with Crippen molar-refractivity contribution in [2.75, 3.05) is 58.6 Å². The van der Waals surface area contributed by atoms with E-state index in [2.05, 4.69) is 16.0 Å². The third kappa shape index (κ3) is 8.68. The highest BCUT2D eigenvalue weighted by molar-refractivity contribution is 7.51. The number of nitrogens with zero attached hydrogens (tertiary/aromatic N) is 1. The first-order valence-corrected chi connectivity index (χ1v) is 7.77. The van der Waals surface area contributed by atoms with E-state index < -0.39 is 7.60 Å². The maximum atomic E-state index is 11.0. The Morgan fingerprint density at radius 2 is 1.29 bits per heavy atom. The zero-order chi connectivity index (χ0) is 12.6. The van der Waals surface area contributed by atoms with E-state index in [1.807, 2.05) is 0 Å². The lowest BCUT2D eigenvalue weighted by Gasteiger charge is -2.23. The van der Waals surface area contributed by atoms with Crippen LogP contribution in [0.4, 0.5) is 0 Å². The van der Waals surface area contributed by atoms with Crippen LogP contribution < -0.4 is 16.0 Å². The quantitative estimate of drug-likeness (QED) is 0.376. The van der Waals surface area contributed by atoms with Gasteiger partial charge >= 0.3 is 7.60 Å². The summed E-state index contributed by atoms with van der Waals surface area (Å²) < 4.78 is 11.0. The summed E-state index contributed by atoms with van der Waals surface area (Å²) in [6.07, 6.45) is -0.158. The minimum Gasteiger partial charge on any atom is -0.324 e. The van der Waals surface area contributed by atoms with Gasteiger partial charge in [-0.25, -0.2) is 0 Å². The van der Waals surface area contributed by atoms with Crippen LogP contribution in [0.3, 0.4) is 0 Å². The van der Waals surface area contributed by atoms with Crippen LogP contribution in [0.1, 0.15) is 0 Å². The van der Waals surface area contributed by atoms with Gasteiger partial charge in [0.25, 0.3) is 0 Å². The normalized spacial score (nSPS) is 22.7. The van der Waals surface area contributed by atoms with Gasteiger partial charge in [-0.05, 0) is 0 Å². The lowest BCUT2D eigenvalue weighted by molar-refractivity contribution is 0.273. The van der Waals surface area contributed by atoms with Gasteiger partial charge in [0.15, 0.2) is 0 Å². The summed E-state index contributed by atoms with van der Waals surface area (Å²) >= 11 is 0. The van der Waals surface area contributed by atoms with Crippen LogP contribution in [0.15, 0.2) is 0 Å². The van der Waals surface area contributed by atoms with E-state index in [1.165, 1.54) is 0 Å². The molecule has 1 fully saturated rings. The highest BCUT2D eigenvalue weighted by atomic mass is 31.2. The molecule has 0 aromatic heterocycles. The molecule has 1 aliphatic heterocycles. The molecule has 0 aromatic rings. The van der Waals surface area contributed by atoms with Gasteiger partial charge in [-0.3, -0.25) is 9.46 Å². The standard InChI is InChI=1S/C9H23N4O3P/c14-17(15,16)9-13-7-5-11-3-1-10-2-4-12-6-8-13/h10-12H,1-9H2,(H2,14,15,16).